The molecule has 0 amide bonds. The Morgan fingerprint density at radius 3 is 2.94 bits per heavy atom. The number of imidazole rings is 1. The summed E-state index contributed by atoms with van der Waals surface area (Å²) >= 11 is 0. The fourth-order valence-corrected chi connectivity index (χ4v) is 1.67. The quantitative estimate of drug-likeness (QED) is 0.818. The van der Waals surface area contributed by atoms with Gasteiger partial charge in [-0.25, -0.2) is 4.98 Å². The smallest absolute Gasteiger partial charge is 0.142 e. The predicted octanol–water partition coefficient (Wildman–Crippen LogP) is 1.93. The van der Waals surface area contributed by atoms with E-state index in [-0.39, 0.29) is 0 Å². The second kappa shape index (κ2) is 4.91. The largest absolute Gasteiger partial charge is 0.491 e. The summed E-state index contributed by atoms with van der Waals surface area (Å²) in [6, 6.07) is 5.81. The number of hydrogen-bond acceptors (Lipinski definition) is 3. The lowest BCUT2D eigenvalue weighted by atomic mass is 10.2. The average Bonchev–Trinajstić information content (AvgIpc) is 2.71. The second-order valence-electron chi connectivity index (χ2n) is 4.04. The van der Waals surface area contributed by atoms with E-state index in [1.807, 2.05) is 42.9 Å². The molecule has 0 fully saturated rings. The van der Waals surface area contributed by atoms with Crippen LogP contribution in [0.1, 0.15) is 11.4 Å². The Labute approximate surface area is 101 Å². The van der Waals surface area contributed by atoms with Crippen molar-refractivity contribution in [3.8, 4) is 5.75 Å². The predicted molar refractivity (Wildman–Crippen MR) is 68.0 cm³/mol. The van der Waals surface area contributed by atoms with Gasteiger partial charge < -0.3 is 15.0 Å². The highest BCUT2D eigenvalue weighted by Crippen LogP contribution is 2.24. The molecule has 90 valence electrons. The van der Waals surface area contributed by atoms with Crippen LogP contribution in [-0.4, -0.2) is 16.2 Å². The Kier molecular flexibility index (Phi) is 3.32. The molecule has 0 atom stereocenters. The number of aromatic nitrogens is 2. The minimum atomic E-state index is 0.582. The first-order valence-corrected chi connectivity index (χ1v) is 5.62. The van der Waals surface area contributed by atoms with E-state index in [0.29, 0.717) is 12.3 Å². The average molecular weight is 231 g/mol. The normalized spacial score (nSPS) is 10.5. The number of hydrogen-bond donors (Lipinski definition) is 1. The number of nitrogens with zero attached hydrogens (tertiary/aromatic N) is 2. The van der Waals surface area contributed by atoms with E-state index >= 15 is 0 Å². The summed E-state index contributed by atoms with van der Waals surface area (Å²) in [5.41, 5.74) is 7.68. The van der Waals surface area contributed by atoms with Crippen molar-refractivity contribution in [1.29, 1.82) is 0 Å². The number of rotatable bonds is 4. The number of para-hydroxylation sites is 1. The van der Waals surface area contributed by atoms with Gasteiger partial charge in [-0.2, -0.15) is 0 Å². The lowest BCUT2D eigenvalue weighted by molar-refractivity contribution is 0.319. The van der Waals surface area contributed by atoms with Crippen molar-refractivity contribution in [2.24, 2.45) is 7.05 Å². The van der Waals surface area contributed by atoms with Crippen LogP contribution < -0.4 is 10.5 Å². The minimum Gasteiger partial charge on any atom is -0.491 e. The van der Waals surface area contributed by atoms with Crippen molar-refractivity contribution < 1.29 is 4.74 Å². The van der Waals surface area contributed by atoms with Crippen molar-refractivity contribution >= 4 is 5.69 Å². The molecule has 0 saturated carbocycles. The fraction of sp³-hybridized carbons (Fsp3) is 0.308. The number of nitrogens with two attached hydrogens (primary N) is 1. The van der Waals surface area contributed by atoms with Crippen LogP contribution in [-0.2, 0) is 13.5 Å². The van der Waals surface area contributed by atoms with Crippen LogP contribution in [0.2, 0.25) is 0 Å². The Morgan fingerprint density at radius 2 is 2.24 bits per heavy atom. The third-order valence-corrected chi connectivity index (χ3v) is 2.79. The zero-order chi connectivity index (χ0) is 12.3. The molecule has 2 N–H and O–H groups in total. The van der Waals surface area contributed by atoms with Gasteiger partial charge in [0.2, 0.25) is 0 Å². The van der Waals surface area contributed by atoms with Crippen LogP contribution in [0.5, 0.6) is 5.75 Å². The number of aryl methyl sites for hydroxylation is 2. The van der Waals surface area contributed by atoms with Gasteiger partial charge in [-0.3, -0.25) is 0 Å². The van der Waals surface area contributed by atoms with Gasteiger partial charge in [0, 0.05) is 25.9 Å². The summed E-state index contributed by atoms with van der Waals surface area (Å²) in [7, 11) is 1.98. The van der Waals surface area contributed by atoms with Crippen LogP contribution in [0.3, 0.4) is 0 Å². The van der Waals surface area contributed by atoms with Gasteiger partial charge in [0.25, 0.3) is 0 Å². The van der Waals surface area contributed by atoms with Gasteiger partial charge in [-0.15, -0.1) is 0 Å². The van der Waals surface area contributed by atoms with Crippen LogP contribution >= 0.6 is 0 Å². The number of benzene rings is 1. The molecule has 0 aliphatic carbocycles. The summed E-state index contributed by atoms with van der Waals surface area (Å²) < 4.78 is 7.66. The maximum atomic E-state index is 5.93. The third-order valence-electron chi connectivity index (χ3n) is 2.79. The van der Waals surface area contributed by atoms with Gasteiger partial charge in [-0.05, 0) is 18.6 Å². The van der Waals surface area contributed by atoms with E-state index in [9.17, 15) is 0 Å². The Morgan fingerprint density at radius 1 is 1.41 bits per heavy atom. The van der Waals surface area contributed by atoms with E-state index in [4.69, 9.17) is 10.5 Å². The Bertz CT molecular complexity index is 505. The Balaban J connectivity index is 1.95. The molecule has 1 heterocycles. The molecule has 1 aromatic heterocycles. The number of nitrogen functional groups attached to an aromatic ring is 1. The van der Waals surface area contributed by atoms with E-state index in [2.05, 4.69) is 4.98 Å². The molecule has 0 saturated heterocycles. The summed E-state index contributed by atoms with van der Waals surface area (Å²) in [4.78, 5) is 4.24. The highest BCUT2D eigenvalue weighted by molar-refractivity contribution is 5.57. The zero-order valence-electron chi connectivity index (χ0n) is 10.2. The molecule has 0 unspecified atom stereocenters. The zero-order valence-corrected chi connectivity index (χ0v) is 10.2. The van der Waals surface area contributed by atoms with Crippen molar-refractivity contribution in [1.82, 2.24) is 9.55 Å². The van der Waals surface area contributed by atoms with Crippen molar-refractivity contribution in [3.05, 3.63) is 42.0 Å². The maximum Gasteiger partial charge on any atom is 0.142 e. The van der Waals surface area contributed by atoms with Crippen molar-refractivity contribution in [3.63, 3.8) is 0 Å². The first kappa shape index (κ1) is 11.5. The topological polar surface area (TPSA) is 53.1 Å². The Hall–Kier alpha value is -1.97. The number of anilines is 1. The van der Waals surface area contributed by atoms with E-state index in [1.165, 1.54) is 0 Å². The van der Waals surface area contributed by atoms with Crippen LogP contribution in [0.4, 0.5) is 5.69 Å². The van der Waals surface area contributed by atoms with Gasteiger partial charge in [-0.1, -0.05) is 12.1 Å². The van der Waals surface area contributed by atoms with Crippen LogP contribution in [0, 0.1) is 6.92 Å². The van der Waals surface area contributed by atoms with Crippen LogP contribution in [0.15, 0.2) is 30.6 Å². The summed E-state index contributed by atoms with van der Waals surface area (Å²) in [6.45, 7) is 2.56. The standard InChI is InChI=1S/C13H17N3O/c1-10-4-3-5-11(13(10)14)17-9-6-12-15-7-8-16(12)2/h3-5,7-8H,6,9,14H2,1-2H3. The van der Waals surface area contributed by atoms with Gasteiger partial charge >= 0.3 is 0 Å². The molecule has 1 aromatic carbocycles. The number of ether oxygens (including phenoxy) is 1. The highest BCUT2D eigenvalue weighted by Gasteiger charge is 2.04. The lowest BCUT2D eigenvalue weighted by Crippen LogP contribution is -2.07. The van der Waals surface area contributed by atoms with Crippen molar-refractivity contribution in [2.45, 2.75) is 13.3 Å². The van der Waals surface area contributed by atoms with Gasteiger partial charge in [0.05, 0.1) is 12.3 Å². The molecule has 2 rings (SSSR count). The van der Waals surface area contributed by atoms with Gasteiger partial charge in [0.15, 0.2) is 0 Å². The molecule has 17 heavy (non-hydrogen) atoms. The molecule has 4 heteroatoms. The molecular weight excluding hydrogens is 214 g/mol. The summed E-state index contributed by atoms with van der Waals surface area (Å²) in [5.74, 6) is 1.76. The van der Waals surface area contributed by atoms with Crippen LogP contribution in [0.25, 0.3) is 0 Å². The van der Waals surface area contributed by atoms with Crippen molar-refractivity contribution in [2.75, 3.05) is 12.3 Å². The summed E-state index contributed by atoms with van der Waals surface area (Å²) in [6.07, 6.45) is 4.49. The second-order valence-corrected chi connectivity index (χ2v) is 4.04. The maximum absolute atomic E-state index is 5.93. The molecule has 0 aliphatic heterocycles. The third kappa shape index (κ3) is 2.58. The molecular formula is C13H17N3O. The monoisotopic (exact) mass is 231 g/mol. The SMILES string of the molecule is Cc1cccc(OCCc2nccn2C)c1N. The summed E-state index contributed by atoms with van der Waals surface area (Å²) in [5, 5.41) is 0. The minimum absolute atomic E-state index is 0.582. The molecule has 2 aromatic rings. The van der Waals surface area contributed by atoms with Gasteiger partial charge in [0.1, 0.15) is 11.6 Å². The molecule has 4 nitrogen and oxygen atoms in total. The lowest BCUT2D eigenvalue weighted by Gasteiger charge is -2.10. The molecule has 0 radical (unpaired) electrons. The fourth-order valence-electron chi connectivity index (χ4n) is 1.67. The first-order valence-electron chi connectivity index (χ1n) is 5.62. The highest BCUT2D eigenvalue weighted by atomic mass is 16.5. The van der Waals surface area contributed by atoms with E-state index in [0.717, 1.165) is 23.6 Å². The molecule has 0 aliphatic rings. The molecule has 0 bridgehead atoms. The molecule has 0 spiro atoms. The first-order chi connectivity index (χ1) is 8.18. The van der Waals surface area contributed by atoms with E-state index < -0.39 is 0 Å². The van der Waals surface area contributed by atoms with E-state index in [1.54, 1.807) is 6.20 Å².